The molecule has 0 aromatic carbocycles. The van der Waals surface area contributed by atoms with Crippen LogP contribution < -0.4 is 4.72 Å². The highest BCUT2D eigenvalue weighted by atomic mass is 33.1. The highest BCUT2D eigenvalue weighted by molar-refractivity contribution is 8.68. The summed E-state index contributed by atoms with van der Waals surface area (Å²) in [6.07, 6.45) is 2.28. The number of amides is 2. The van der Waals surface area contributed by atoms with E-state index in [-0.39, 0.29) is 6.03 Å². The summed E-state index contributed by atoms with van der Waals surface area (Å²) in [4.78, 5) is 12.7. The smallest absolute Gasteiger partial charge is 0.324 e. The lowest BCUT2D eigenvalue weighted by molar-refractivity contribution is 0.213. The number of urea groups is 1. The lowest BCUT2D eigenvalue weighted by atomic mass is 10.6. The Labute approximate surface area is 69.5 Å². The second-order valence-corrected chi connectivity index (χ2v) is 3.28. The zero-order valence-corrected chi connectivity index (χ0v) is 7.41. The molecule has 0 spiro atoms. The predicted molar refractivity (Wildman–Crippen MR) is 45.9 cm³/mol. The van der Waals surface area contributed by atoms with E-state index in [1.54, 1.807) is 11.9 Å². The zero-order chi connectivity index (χ0) is 7.56. The fourth-order valence-corrected chi connectivity index (χ4v) is 1.20. The van der Waals surface area contributed by atoms with Crippen LogP contribution in [0.4, 0.5) is 4.79 Å². The first-order valence-electron chi connectivity index (χ1n) is 3.09. The van der Waals surface area contributed by atoms with Crippen LogP contribution in [-0.2, 0) is 0 Å². The Balaban J connectivity index is 2.24. The monoisotopic (exact) mass is 178 g/mol. The zero-order valence-electron chi connectivity index (χ0n) is 5.70. The van der Waals surface area contributed by atoms with Crippen LogP contribution in [0.5, 0.6) is 0 Å². The van der Waals surface area contributed by atoms with Crippen LogP contribution in [0.25, 0.3) is 0 Å². The lowest BCUT2D eigenvalue weighted by Crippen LogP contribution is -2.34. The molecule has 0 bridgehead atoms. The van der Waals surface area contributed by atoms with Crippen LogP contribution in [0.1, 0.15) is 12.8 Å². The quantitative estimate of drug-likeness (QED) is 0.379. The Morgan fingerprint density at radius 3 is 2.80 bits per heavy atom. The first-order valence-corrected chi connectivity index (χ1v) is 4.96. The first-order chi connectivity index (χ1) is 4.75. The van der Waals surface area contributed by atoms with Crippen LogP contribution in [0.2, 0.25) is 0 Å². The molecule has 1 aliphatic carbocycles. The van der Waals surface area contributed by atoms with Gasteiger partial charge in [0, 0.05) is 24.1 Å². The van der Waals surface area contributed by atoms with Gasteiger partial charge in [-0.15, -0.1) is 0 Å². The third-order valence-corrected chi connectivity index (χ3v) is 2.09. The molecule has 2 amide bonds. The van der Waals surface area contributed by atoms with E-state index in [4.69, 9.17) is 0 Å². The standard InChI is InChI=1S/C5H10N2OS2/c1-7(4-2-3-4)5(8)6-10-9/h4,9H,2-3H2,1H3,(H,6,8). The average molecular weight is 178 g/mol. The molecule has 0 radical (unpaired) electrons. The van der Waals surface area contributed by atoms with Gasteiger partial charge in [0.15, 0.2) is 0 Å². The Kier molecular flexibility index (Phi) is 2.73. The largest absolute Gasteiger partial charge is 0.327 e. The van der Waals surface area contributed by atoms with Crippen LogP contribution in [0.15, 0.2) is 0 Å². The highest BCUT2D eigenvalue weighted by Gasteiger charge is 2.29. The van der Waals surface area contributed by atoms with Crippen LogP contribution in [0.3, 0.4) is 0 Å². The number of carbonyl (C=O) groups excluding carboxylic acids is 1. The van der Waals surface area contributed by atoms with Gasteiger partial charge in [0.1, 0.15) is 0 Å². The topological polar surface area (TPSA) is 32.3 Å². The minimum atomic E-state index is -0.0532. The van der Waals surface area contributed by atoms with E-state index in [0.717, 1.165) is 23.8 Å². The average Bonchev–Trinajstić information content (AvgIpc) is 2.68. The molecule has 0 unspecified atom stereocenters. The number of nitrogens with one attached hydrogen (secondary N) is 1. The fraction of sp³-hybridized carbons (Fsp3) is 0.800. The van der Waals surface area contributed by atoms with Crippen LogP contribution >= 0.6 is 22.6 Å². The second-order valence-electron chi connectivity index (χ2n) is 2.34. The molecule has 0 saturated heterocycles. The van der Waals surface area contributed by atoms with Gasteiger partial charge in [-0.1, -0.05) is 11.7 Å². The maximum Gasteiger partial charge on any atom is 0.327 e. The number of nitrogens with zero attached hydrogens (tertiary/aromatic N) is 1. The lowest BCUT2D eigenvalue weighted by Gasteiger charge is -2.14. The molecule has 0 heterocycles. The summed E-state index contributed by atoms with van der Waals surface area (Å²) >= 11 is 3.80. The third kappa shape index (κ3) is 1.98. The van der Waals surface area contributed by atoms with E-state index in [0.29, 0.717) is 6.04 Å². The Hall–Kier alpha value is -0.0300. The summed E-state index contributed by atoms with van der Waals surface area (Å²) < 4.78 is 2.53. The van der Waals surface area contributed by atoms with Crippen molar-refractivity contribution in [3.8, 4) is 0 Å². The molecule has 0 aliphatic heterocycles. The third-order valence-electron chi connectivity index (χ3n) is 1.55. The Morgan fingerprint density at radius 1 is 1.80 bits per heavy atom. The van der Waals surface area contributed by atoms with Gasteiger partial charge in [0.05, 0.1) is 0 Å². The van der Waals surface area contributed by atoms with Crippen molar-refractivity contribution in [2.24, 2.45) is 0 Å². The van der Waals surface area contributed by atoms with Gasteiger partial charge in [0.25, 0.3) is 0 Å². The van der Waals surface area contributed by atoms with E-state index in [2.05, 4.69) is 16.4 Å². The van der Waals surface area contributed by atoms with Crippen molar-refractivity contribution in [1.82, 2.24) is 9.62 Å². The molecule has 1 N–H and O–H groups in total. The van der Waals surface area contributed by atoms with Crippen molar-refractivity contribution in [1.29, 1.82) is 0 Å². The summed E-state index contributed by atoms with van der Waals surface area (Å²) in [7, 11) is 2.84. The van der Waals surface area contributed by atoms with Crippen molar-refractivity contribution >= 4 is 28.7 Å². The molecular formula is C5H10N2OS2. The SMILES string of the molecule is CN(C(=O)NSS)C1CC1. The van der Waals surface area contributed by atoms with Crippen molar-refractivity contribution in [2.45, 2.75) is 18.9 Å². The predicted octanol–water partition coefficient (Wildman–Crippen LogP) is 1.28. The number of carbonyl (C=O) groups is 1. The van der Waals surface area contributed by atoms with E-state index >= 15 is 0 Å². The number of rotatable bonds is 2. The summed E-state index contributed by atoms with van der Waals surface area (Å²) in [5, 5.41) is 0. The minimum absolute atomic E-state index is 0.0532. The molecule has 3 nitrogen and oxygen atoms in total. The number of thiol groups is 1. The van der Waals surface area contributed by atoms with Gasteiger partial charge in [-0.25, -0.2) is 4.79 Å². The van der Waals surface area contributed by atoms with Gasteiger partial charge in [-0.3, -0.25) is 4.72 Å². The van der Waals surface area contributed by atoms with E-state index in [1.807, 2.05) is 0 Å². The van der Waals surface area contributed by atoms with Crippen LogP contribution in [0, 0.1) is 0 Å². The van der Waals surface area contributed by atoms with Crippen molar-refractivity contribution in [3.63, 3.8) is 0 Å². The Morgan fingerprint density at radius 2 is 2.40 bits per heavy atom. The van der Waals surface area contributed by atoms with Gasteiger partial charge in [-0.05, 0) is 12.8 Å². The van der Waals surface area contributed by atoms with E-state index < -0.39 is 0 Å². The molecule has 1 rings (SSSR count). The highest BCUT2D eigenvalue weighted by Crippen LogP contribution is 2.25. The summed E-state index contributed by atoms with van der Waals surface area (Å²) in [6.45, 7) is 0. The molecule has 1 aliphatic rings. The molecule has 1 fully saturated rings. The van der Waals surface area contributed by atoms with E-state index in [9.17, 15) is 4.79 Å². The molecule has 0 atom stereocenters. The van der Waals surface area contributed by atoms with E-state index in [1.165, 1.54) is 0 Å². The van der Waals surface area contributed by atoms with Crippen molar-refractivity contribution in [2.75, 3.05) is 7.05 Å². The number of hydrogen-bond donors (Lipinski definition) is 2. The van der Waals surface area contributed by atoms with Gasteiger partial charge in [0.2, 0.25) is 0 Å². The summed E-state index contributed by atoms with van der Waals surface area (Å²) in [5.41, 5.74) is 0. The molecule has 58 valence electrons. The normalized spacial score (nSPS) is 16.6. The maximum absolute atomic E-state index is 11.0. The van der Waals surface area contributed by atoms with Crippen molar-refractivity contribution < 1.29 is 4.79 Å². The minimum Gasteiger partial charge on any atom is -0.324 e. The van der Waals surface area contributed by atoms with Gasteiger partial charge < -0.3 is 4.90 Å². The molecule has 1 saturated carbocycles. The van der Waals surface area contributed by atoms with Gasteiger partial charge in [-0.2, -0.15) is 0 Å². The molecule has 10 heavy (non-hydrogen) atoms. The fourth-order valence-electron chi connectivity index (χ4n) is 0.739. The maximum atomic E-state index is 11.0. The summed E-state index contributed by atoms with van der Waals surface area (Å²) in [5.74, 6) is 0. The molecule has 0 aromatic rings. The van der Waals surface area contributed by atoms with Gasteiger partial charge >= 0.3 is 6.03 Å². The second kappa shape index (κ2) is 3.39. The summed E-state index contributed by atoms with van der Waals surface area (Å²) in [6, 6.07) is 0.419. The molecule has 5 heteroatoms. The van der Waals surface area contributed by atoms with Crippen molar-refractivity contribution in [3.05, 3.63) is 0 Å². The Bertz CT molecular complexity index is 138. The number of hydrogen-bond acceptors (Lipinski definition) is 3. The molecular weight excluding hydrogens is 168 g/mol. The molecule has 0 aromatic heterocycles. The van der Waals surface area contributed by atoms with Crippen LogP contribution in [-0.4, -0.2) is 24.0 Å². The first kappa shape index (κ1) is 8.07.